The van der Waals surface area contributed by atoms with Crippen LogP contribution in [0.5, 0.6) is 5.75 Å². The number of nitrogens with two attached hydrogens (primary N) is 1. The molecule has 7 heteroatoms. The van der Waals surface area contributed by atoms with Gasteiger partial charge in [0.1, 0.15) is 18.2 Å². The summed E-state index contributed by atoms with van der Waals surface area (Å²) in [6, 6.07) is 12.7. The fourth-order valence-corrected chi connectivity index (χ4v) is 2.90. The number of nitrogens with zero attached hydrogens (tertiary/aromatic N) is 2. The third-order valence-electron chi connectivity index (χ3n) is 3.57. The highest BCUT2D eigenvalue weighted by Gasteiger charge is 2.12. The van der Waals surface area contributed by atoms with Crippen molar-refractivity contribution in [1.82, 2.24) is 9.55 Å². The molecule has 0 spiro atoms. The second-order valence-electron chi connectivity index (χ2n) is 5.25. The molecule has 5 nitrogen and oxygen atoms in total. The average molecular weight is 364 g/mol. The van der Waals surface area contributed by atoms with E-state index in [1.807, 2.05) is 28.8 Å². The van der Waals surface area contributed by atoms with Crippen molar-refractivity contribution in [3.8, 4) is 5.75 Å². The Morgan fingerprint density at radius 3 is 2.75 bits per heavy atom. The first-order chi connectivity index (χ1) is 11.5. The van der Waals surface area contributed by atoms with E-state index in [1.54, 1.807) is 18.2 Å². The number of amides is 1. The summed E-state index contributed by atoms with van der Waals surface area (Å²) in [5.74, 6) is 0.860. The fraction of sp³-hybridized carbons (Fsp3) is 0.176. The number of imidazole rings is 1. The van der Waals surface area contributed by atoms with Gasteiger partial charge in [-0.25, -0.2) is 4.98 Å². The van der Waals surface area contributed by atoms with Crippen molar-refractivity contribution < 1.29 is 9.53 Å². The summed E-state index contributed by atoms with van der Waals surface area (Å²) in [6.45, 7) is 0.664. The zero-order chi connectivity index (χ0) is 17.1. The number of carbonyl (C=O) groups is 1. The number of para-hydroxylation sites is 2. The van der Waals surface area contributed by atoms with Crippen LogP contribution in [-0.2, 0) is 17.9 Å². The number of benzene rings is 2. The minimum atomic E-state index is -0.361. The Bertz CT molecular complexity index is 893. The van der Waals surface area contributed by atoms with Gasteiger partial charge in [0.15, 0.2) is 0 Å². The summed E-state index contributed by atoms with van der Waals surface area (Å²) < 4.78 is 7.70. The minimum absolute atomic E-state index is 0.217. The standard InChI is InChI=1S/C17H15Cl2N3O2/c18-11-5-6-15(12(19)9-11)24-10-17-21-13-3-1-2-4-14(13)22(17)8-7-16(20)23/h1-6,9H,7-8,10H2,(H2,20,23). The van der Waals surface area contributed by atoms with E-state index in [1.165, 1.54) is 0 Å². The molecule has 1 amide bonds. The van der Waals surface area contributed by atoms with Gasteiger partial charge < -0.3 is 15.0 Å². The van der Waals surface area contributed by atoms with Crippen molar-refractivity contribution in [2.24, 2.45) is 5.73 Å². The van der Waals surface area contributed by atoms with Gasteiger partial charge in [0.25, 0.3) is 0 Å². The maximum atomic E-state index is 11.1. The molecule has 0 fully saturated rings. The number of rotatable bonds is 6. The lowest BCUT2D eigenvalue weighted by Crippen LogP contribution is -2.16. The Hall–Kier alpha value is -2.24. The second kappa shape index (κ2) is 7.11. The normalized spacial score (nSPS) is 10.9. The van der Waals surface area contributed by atoms with Gasteiger partial charge in [-0.15, -0.1) is 0 Å². The Labute approximate surface area is 148 Å². The molecule has 3 aromatic rings. The van der Waals surface area contributed by atoms with E-state index in [9.17, 15) is 4.79 Å². The molecule has 124 valence electrons. The fourth-order valence-electron chi connectivity index (χ4n) is 2.44. The topological polar surface area (TPSA) is 70.1 Å². The largest absolute Gasteiger partial charge is 0.484 e. The molecule has 1 heterocycles. The molecule has 0 bridgehead atoms. The van der Waals surface area contributed by atoms with Crippen molar-refractivity contribution in [1.29, 1.82) is 0 Å². The molecule has 0 unspecified atom stereocenters. The molecule has 1 aromatic heterocycles. The highest BCUT2D eigenvalue weighted by Crippen LogP contribution is 2.28. The third kappa shape index (κ3) is 3.63. The van der Waals surface area contributed by atoms with Crippen LogP contribution in [0.1, 0.15) is 12.2 Å². The number of halogens is 2. The van der Waals surface area contributed by atoms with Gasteiger partial charge in [0.05, 0.1) is 16.1 Å². The summed E-state index contributed by atoms with van der Waals surface area (Å²) in [4.78, 5) is 15.7. The maximum absolute atomic E-state index is 11.1. The smallest absolute Gasteiger partial charge is 0.219 e. The summed E-state index contributed by atoms with van der Waals surface area (Å²) in [7, 11) is 0. The molecule has 2 aromatic carbocycles. The summed E-state index contributed by atoms with van der Waals surface area (Å²) >= 11 is 12.0. The van der Waals surface area contributed by atoms with Crippen LogP contribution in [-0.4, -0.2) is 15.5 Å². The number of aryl methyl sites for hydroxylation is 1. The van der Waals surface area contributed by atoms with Crippen molar-refractivity contribution in [3.63, 3.8) is 0 Å². The summed E-state index contributed by atoms with van der Waals surface area (Å²) in [6.07, 6.45) is 0.231. The van der Waals surface area contributed by atoms with E-state index in [2.05, 4.69) is 4.98 Å². The molecule has 3 rings (SSSR count). The molecule has 24 heavy (non-hydrogen) atoms. The van der Waals surface area contributed by atoms with Crippen LogP contribution >= 0.6 is 23.2 Å². The molecule has 0 aliphatic carbocycles. The third-order valence-corrected chi connectivity index (χ3v) is 4.10. The lowest BCUT2D eigenvalue weighted by atomic mass is 10.3. The number of ether oxygens (including phenoxy) is 1. The Morgan fingerprint density at radius 2 is 2.00 bits per heavy atom. The number of primary amides is 1. The van der Waals surface area contributed by atoms with Crippen molar-refractivity contribution in [2.45, 2.75) is 19.6 Å². The lowest BCUT2D eigenvalue weighted by molar-refractivity contribution is -0.118. The van der Waals surface area contributed by atoms with Crippen molar-refractivity contribution >= 4 is 40.1 Å². The van der Waals surface area contributed by atoms with Crippen LogP contribution < -0.4 is 10.5 Å². The predicted octanol–water partition coefficient (Wildman–Crippen LogP) is 3.80. The first-order valence-electron chi connectivity index (χ1n) is 7.35. The second-order valence-corrected chi connectivity index (χ2v) is 6.09. The van der Waals surface area contributed by atoms with Crippen LogP contribution in [0.25, 0.3) is 11.0 Å². The zero-order valence-electron chi connectivity index (χ0n) is 12.7. The van der Waals surface area contributed by atoms with Gasteiger partial charge in [-0.05, 0) is 30.3 Å². The molecule has 0 saturated heterocycles. The summed E-state index contributed by atoms with van der Waals surface area (Å²) in [5.41, 5.74) is 7.03. The molecule has 0 radical (unpaired) electrons. The van der Waals surface area contributed by atoms with E-state index in [4.69, 9.17) is 33.7 Å². The van der Waals surface area contributed by atoms with Crippen LogP contribution in [0.2, 0.25) is 10.0 Å². The van der Waals surface area contributed by atoms with E-state index in [0.29, 0.717) is 28.2 Å². The van der Waals surface area contributed by atoms with Crippen LogP contribution in [0, 0.1) is 0 Å². The number of hydrogen-bond donors (Lipinski definition) is 1. The van der Waals surface area contributed by atoms with Gasteiger partial charge in [0, 0.05) is 18.0 Å². The molecular weight excluding hydrogens is 349 g/mol. The van der Waals surface area contributed by atoms with Gasteiger partial charge in [0.2, 0.25) is 5.91 Å². The van der Waals surface area contributed by atoms with E-state index in [-0.39, 0.29) is 18.9 Å². The molecular formula is C17H15Cl2N3O2. The van der Waals surface area contributed by atoms with Crippen molar-refractivity contribution in [3.05, 3.63) is 58.3 Å². The first-order valence-corrected chi connectivity index (χ1v) is 8.10. The number of carbonyl (C=O) groups excluding carboxylic acids is 1. The van der Waals surface area contributed by atoms with Gasteiger partial charge in [-0.1, -0.05) is 35.3 Å². The number of fused-ring (bicyclic) bond motifs is 1. The molecule has 0 atom stereocenters. The summed E-state index contributed by atoms with van der Waals surface area (Å²) in [5, 5.41) is 0.975. The highest BCUT2D eigenvalue weighted by atomic mass is 35.5. The maximum Gasteiger partial charge on any atom is 0.219 e. The van der Waals surface area contributed by atoms with E-state index in [0.717, 1.165) is 11.0 Å². The van der Waals surface area contributed by atoms with Crippen molar-refractivity contribution in [2.75, 3.05) is 0 Å². The first kappa shape index (κ1) is 16.6. The minimum Gasteiger partial charge on any atom is -0.484 e. The van der Waals surface area contributed by atoms with Crippen LogP contribution in [0.15, 0.2) is 42.5 Å². The quantitative estimate of drug-likeness (QED) is 0.723. The molecule has 0 saturated carbocycles. The van der Waals surface area contributed by atoms with Crippen LogP contribution in [0.4, 0.5) is 0 Å². The molecule has 0 aliphatic rings. The highest BCUT2D eigenvalue weighted by molar-refractivity contribution is 6.35. The van der Waals surface area contributed by atoms with Gasteiger partial charge in [-0.3, -0.25) is 4.79 Å². The molecule has 2 N–H and O–H groups in total. The van der Waals surface area contributed by atoms with Crippen LogP contribution in [0.3, 0.4) is 0 Å². The average Bonchev–Trinajstić information content (AvgIpc) is 2.89. The Morgan fingerprint density at radius 1 is 1.21 bits per heavy atom. The van der Waals surface area contributed by atoms with E-state index >= 15 is 0 Å². The van der Waals surface area contributed by atoms with E-state index < -0.39 is 0 Å². The number of aromatic nitrogens is 2. The Balaban J connectivity index is 1.87. The van der Waals surface area contributed by atoms with Gasteiger partial charge >= 0.3 is 0 Å². The zero-order valence-corrected chi connectivity index (χ0v) is 14.2. The monoisotopic (exact) mass is 363 g/mol. The lowest BCUT2D eigenvalue weighted by Gasteiger charge is -2.10. The SMILES string of the molecule is NC(=O)CCn1c(COc2ccc(Cl)cc2Cl)nc2ccccc21. The number of hydrogen-bond acceptors (Lipinski definition) is 3. The Kier molecular flexibility index (Phi) is 4.92. The van der Waals surface area contributed by atoms with Gasteiger partial charge in [-0.2, -0.15) is 0 Å². The predicted molar refractivity (Wildman–Crippen MR) is 94.3 cm³/mol. The molecule has 0 aliphatic heterocycles.